The Morgan fingerprint density at radius 2 is 2.07 bits per heavy atom. The van der Waals surface area contributed by atoms with Crippen LogP contribution in [0.25, 0.3) is 0 Å². The summed E-state index contributed by atoms with van der Waals surface area (Å²) in [5.74, 6) is 2.57. The van der Waals surface area contributed by atoms with Crippen molar-refractivity contribution < 1.29 is 0 Å². The fraction of sp³-hybridized carbons (Fsp3) is 0.500. The van der Waals surface area contributed by atoms with Crippen molar-refractivity contribution in [3.63, 3.8) is 0 Å². The van der Waals surface area contributed by atoms with Gasteiger partial charge in [0.2, 0.25) is 0 Å². The molecule has 1 nitrogen and oxygen atoms in total. The molecular weight excluding hydrogens is 270 g/mol. The third-order valence-electron chi connectivity index (χ3n) is 2.80. The van der Waals surface area contributed by atoms with Crippen LogP contribution in [0.4, 0.5) is 0 Å². The maximum Gasteiger partial charge on any atom is 0.0237 e. The van der Waals surface area contributed by atoms with Crippen LogP contribution < -0.4 is 0 Å². The molecule has 0 saturated carbocycles. The van der Waals surface area contributed by atoms with Crippen molar-refractivity contribution in [1.29, 1.82) is 0 Å². The van der Waals surface area contributed by atoms with Crippen molar-refractivity contribution in [1.82, 2.24) is 4.90 Å². The van der Waals surface area contributed by atoms with Crippen LogP contribution in [0.1, 0.15) is 11.1 Å². The lowest BCUT2D eigenvalue weighted by Crippen LogP contribution is -2.32. The molecule has 0 aliphatic carbocycles. The minimum atomic E-state index is 1.11. The number of hydrogen-bond donors (Lipinski definition) is 0. The predicted octanol–water partition coefficient (Wildman–Crippen LogP) is 3.31. The van der Waals surface area contributed by atoms with Crippen molar-refractivity contribution in [3.05, 3.63) is 33.8 Å². The summed E-state index contributed by atoms with van der Waals surface area (Å²) in [5.41, 5.74) is 2.85. The molecule has 1 aromatic rings. The fourth-order valence-corrected chi connectivity index (χ4v) is 3.29. The zero-order chi connectivity index (χ0) is 10.7. The third-order valence-corrected chi connectivity index (χ3v) is 4.24. The molecule has 15 heavy (non-hydrogen) atoms. The van der Waals surface area contributed by atoms with Gasteiger partial charge in [0, 0.05) is 35.6 Å². The van der Waals surface area contributed by atoms with Gasteiger partial charge in [-0.15, -0.1) is 0 Å². The van der Waals surface area contributed by atoms with Gasteiger partial charge in [-0.3, -0.25) is 4.90 Å². The third kappa shape index (κ3) is 3.23. The van der Waals surface area contributed by atoms with Crippen LogP contribution in [0, 0.1) is 6.92 Å². The van der Waals surface area contributed by atoms with Gasteiger partial charge >= 0.3 is 0 Å². The van der Waals surface area contributed by atoms with E-state index in [1.807, 2.05) is 0 Å². The van der Waals surface area contributed by atoms with E-state index in [0.29, 0.717) is 0 Å². The molecule has 0 amide bonds. The van der Waals surface area contributed by atoms with Gasteiger partial charge in [-0.1, -0.05) is 22.0 Å². The Morgan fingerprint density at radius 3 is 2.73 bits per heavy atom. The molecule has 3 heteroatoms. The zero-order valence-electron chi connectivity index (χ0n) is 9.00. The molecule has 0 atom stereocenters. The summed E-state index contributed by atoms with van der Waals surface area (Å²) in [6.07, 6.45) is 0. The Hall–Kier alpha value is 0.01000. The van der Waals surface area contributed by atoms with Crippen molar-refractivity contribution in [3.8, 4) is 0 Å². The van der Waals surface area contributed by atoms with Crippen LogP contribution in [-0.2, 0) is 6.54 Å². The van der Waals surface area contributed by atoms with Crippen molar-refractivity contribution >= 4 is 27.7 Å². The van der Waals surface area contributed by atoms with Crippen LogP contribution in [-0.4, -0.2) is 29.5 Å². The summed E-state index contributed by atoms with van der Waals surface area (Å²) < 4.78 is 1.18. The molecule has 1 aliphatic heterocycles. The topological polar surface area (TPSA) is 3.24 Å². The van der Waals surface area contributed by atoms with Crippen molar-refractivity contribution in [2.24, 2.45) is 0 Å². The minimum Gasteiger partial charge on any atom is -0.297 e. The van der Waals surface area contributed by atoms with Gasteiger partial charge in [0.05, 0.1) is 0 Å². The normalized spacial score (nSPS) is 18.0. The molecule has 1 saturated heterocycles. The molecule has 1 fully saturated rings. The maximum absolute atomic E-state index is 3.50. The first-order chi connectivity index (χ1) is 7.25. The number of thioether (sulfide) groups is 1. The lowest BCUT2D eigenvalue weighted by molar-refractivity contribution is 0.294. The van der Waals surface area contributed by atoms with Gasteiger partial charge < -0.3 is 0 Å². The van der Waals surface area contributed by atoms with E-state index in [1.165, 1.54) is 40.2 Å². The SMILES string of the molecule is Cc1cc(Br)ccc1CN1CCSCC1. The number of nitrogens with zero attached hydrogens (tertiary/aromatic N) is 1. The lowest BCUT2D eigenvalue weighted by atomic mass is 10.1. The molecule has 0 radical (unpaired) electrons. The zero-order valence-corrected chi connectivity index (χ0v) is 11.4. The first kappa shape index (κ1) is 11.5. The molecule has 2 rings (SSSR count). The highest BCUT2D eigenvalue weighted by atomic mass is 79.9. The standard InChI is InChI=1S/C12H16BrNS/c1-10-8-12(13)3-2-11(10)9-14-4-6-15-7-5-14/h2-3,8H,4-7,9H2,1H3. The Bertz CT molecular complexity index is 334. The molecular formula is C12H16BrNS. The molecule has 1 aromatic carbocycles. The Balaban J connectivity index is 2.03. The summed E-state index contributed by atoms with van der Waals surface area (Å²) in [4.78, 5) is 2.55. The second-order valence-electron chi connectivity index (χ2n) is 3.96. The second-order valence-corrected chi connectivity index (χ2v) is 6.10. The number of hydrogen-bond acceptors (Lipinski definition) is 2. The van der Waals surface area contributed by atoms with E-state index < -0.39 is 0 Å². The van der Waals surface area contributed by atoms with Gasteiger partial charge in [-0.2, -0.15) is 11.8 Å². The van der Waals surface area contributed by atoms with Gasteiger partial charge in [0.25, 0.3) is 0 Å². The van der Waals surface area contributed by atoms with Crippen molar-refractivity contribution in [2.75, 3.05) is 24.6 Å². The predicted molar refractivity (Wildman–Crippen MR) is 71.5 cm³/mol. The summed E-state index contributed by atoms with van der Waals surface area (Å²) in [6, 6.07) is 6.58. The fourth-order valence-electron chi connectivity index (χ4n) is 1.84. The lowest BCUT2D eigenvalue weighted by Gasteiger charge is -2.26. The van der Waals surface area contributed by atoms with Crippen LogP contribution >= 0.6 is 27.7 Å². The molecule has 0 unspecified atom stereocenters. The van der Waals surface area contributed by atoms with Crippen molar-refractivity contribution in [2.45, 2.75) is 13.5 Å². The molecule has 0 bridgehead atoms. The Labute approximate surface area is 104 Å². The van der Waals surface area contributed by atoms with Gasteiger partial charge in [0.1, 0.15) is 0 Å². The van der Waals surface area contributed by atoms with Crippen LogP contribution in [0.2, 0.25) is 0 Å². The highest BCUT2D eigenvalue weighted by Gasteiger charge is 2.11. The monoisotopic (exact) mass is 285 g/mol. The van der Waals surface area contributed by atoms with E-state index in [4.69, 9.17) is 0 Å². The summed E-state index contributed by atoms with van der Waals surface area (Å²) in [7, 11) is 0. The smallest absolute Gasteiger partial charge is 0.0237 e. The van der Waals surface area contributed by atoms with Gasteiger partial charge in [-0.05, 0) is 30.2 Å². The van der Waals surface area contributed by atoms with E-state index in [9.17, 15) is 0 Å². The number of benzene rings is 1. The number of halogens is 1. The molecule has 0 spiro atoms. The van der Waals surface area contributed by atoms with Gasteiger partial charge in [0.15, 0.2) is 0 Å². The van der Waals surface area contributed by atoms with E-state index in [1.54, 1.807) is 0 Å². The highest BCUT2D eigenvalue weighted by molar-refractivity contribution is 9.10. The van der Waals surface area contributed by atoms with E-state index in [0.717, 1.165) is 6.54 Å². The molecule has 82 valence electrons. The minimum absolute atomic E-state index is 1.11. The van der Waals surface area contributed by atoms with E-state index in [-0.39, 0.29) is 0 Å². The molecule has 0 N–H and O–H groups in total. The Kier molecular flexibility index (Phi) is 4.12. The van der Waals surface area contributed by atoms with Gasteiger partial charge in [-0.25, -0.2) is 0 Å². The quantitative estimate of drug-likeness (QED) is 0.820. The molecule has 0 aromatic heterocycles. The summed E-state index contributed by atoms with van der Waals surface area (Å²) in [6.45, 7) is 5.78. The Morgan fingerprint density at radius 1 is 1.33 bits per heavy atom. The summed E-state index contributed by atoms with van der Waals surface area (Å²) >= 11 is 5.57. The highest BCUT2D eigenvalue weighted by Crippen LogP contribution is 2.19. The average molecular weight is 286 g/mol. The van der Waals surface area contributed by atoms with Crippen LogP contribution in [0.3, 0.4) is 0 Å². The van der Waals surface area contributed by atoms with E-state index >= 15 is 0 Å². The second kappa shape index (κ2) is 5.37. The van der Waals surface area contributed by atoms with E-state index in [2.05, 4.69) is 57.7 Å². The number of aryl methyl sites for hydroxylation is 1. The average Bonchev–Trinajstić information content (AvgIpc) is 2.24. The largest absolute Gasteiger partial charge is 0.297 e. The van der Waals surface area contributed by atoms with Crippen LogP contribution in [0.15, 0.2) is 22.7 Å². The number of rotatable bonds is 2. The first-order valence-corrected chi connectivity index (χ1v) is 7.25. The molecule has 1 heterocycles. The molecule has 1 aliphatic rings. The summed E-state index contributed by atoms with van der Waals surface area (Å²) in [5, 5.41) is 0. The first-order valence-electron chi connectivity index (χ1n) is 5.31. The van der Waals surface area contributed by atoms with Crippen LogP contribution in [0.5, 0.6) is 0 Å². The maximum atomic E-state index is 3.50.